The molecule has 15 nitrogen and oxygen atoms in total. The molecule has 41 heavy (non-hydrogen) atoms. The van der Waals surface area contributed by atoms with E-state index >= 15 is 0 Å². The lowest BCUT2D eigenvalue weighted by Gasteiger charge is -2.43. The lowest BCUT2D eigenvalue weighted by Crippen LogP contribution is -2.62. The van der Waals surface area contributed by atoms with Crippen molar-refractivity contribution in [3.63, 3.8) is 0 Å². The first-order valence-corrected chi connectivity index (χ1v) is 12.4. The van der Waals surface area contributed by atoms with Gasteiger partial charge in [-0.3, -0.25) is 4.79 Å². The molecule has 0 saturated carbocycles. The van der Waals surface area contributed by atoms with Crippen LogP contribution >= 0.6 is 0 Å². The molecule has 3 aromatic rings. The molecule has 3 heterocycles. The zero-order valence-corrected chi connectivity index (χ0v) is 21.3. The summed E-state index contributed by atoms with van der Waals surface area (Å²) in [6.45, 7) is 0.904. The second-order valence-corrected chi connectivity index (χ2v) is 9.79. The molecule has 0 radical (unpaired) electrons. The maximum absolute atomic E-state index is 13.6. The van der Waals surface area contributed by atoms with E-state index in [0.717, 1.165) is 24.3 Å². The number of ether oxygens (including phenoxy) is 4. The van der Waals surface area contributed by atoms with E-state index in [9.17, 15) is 50.8 Å². The second-order valence-electron chi connectivity index (χ2n) is 9.79. The number of benzene rings is 2. The lowest BCUT2D eigenvalue weighted by atomic mass is 9.99. The van der Waals surface area contributed by atoms with Gasteiger partial charge in [-0.1, -0.05) is 0 Å². The summed E-state index contributed by atoms with van der Waals surface area (Å²) in [5, 5.41) is 91.2. The van der Waals surface area contributed by atoms with Crippen molar-refractivity contribution in [3.8, 4) is 40.1 Å². The van der Waals surface area contributed by atoms with E-state index in [-0.39, 0.29) is 16.9 Å². The van der Waals surface area contributed by atoms with Gasteiger partial charge in [0.05, 0.1) is 12.7 Å². The Morgan fingerprint density at radius 1 is 0.829 bits per heavy atom. The average Bonchev–Trinajstić information content (AvgIpc) is 2.92. The first-order chi connectivity index (χ1) is 19.4. The van der Waals surface area contributed by atoms with E-state index in [1.807, 2.05) is 0 Å². The van der Waals surface area contributed by atoms with Crippen molar-refractivity contribution < 1.29 is 69.3 Å². The summed E-state index contributed by atoms with van der Waals surface area (Å²) in [5.41, 5.74) is -1.24. The summed E-state index contributed by atoms with van der Waals surface area (Å²) in [6.07, 6.45) is -14.2. The predicted octanol–water partition coefficient (Wildman–Crippen LogP) is -1.05. The molecule has 0 aliphatic carbocycles. The molecule has 0 spiro atoms. The smallest absolute Gasteiger partial charge is 0.239 e. The molecule has 15 heteroatoms. The highest BCUT2D eigenvalue weighted by Gasteiger charge is 2.48. The first-order valence-electron chi connectivity index (χ1n) is 12.4. The normalized spacial score (nSPS) is 32.2. The van der Waals surface area contributed by atoms with Crippen LogP contribution in [0.4, 0.5) is 0 Å². The van der Waals surface area contributed by atoms with Crippen LogP contribution in [0.25, 0.3) is 22.3 Å². The van der Waals surface area contributed by atoms with E-state index in [2.05, 4.69) is 0 Å². The third-order valence-electron chi connectivity index (χ3n) is 6.92. The molecule has 5 rings (SSSR count). The number of aliphatic hydroxyl groups is 5. The molecule has 1 aromatic heterocycles. The molecule has 9 atom stereocenters. The van der Waals surface area contributed by atoms with Crippen LogP contribution in [0.15, 0.2) is 39.5 Å². The van der Waals surface area contributed by atoms with E-state index in [4.69, 9.17) is 23.4 Å². The second kappa shape index (κ2) is 11.0. The highest BCUT2D eigenvalue weighted by Crippen LogP contribution is 2.39. The van der Waals surface area contributed by atoms with Gasteiger partial charge in [0.15, 0.2) is 29.7 Å². The van der Waals surface area contributed by atoms with Crippen LogP contribution < -0.4 is 10.2 Å². The van der Waals surface area contributed by atoms with Crippen LogP contribution in [0.1, 0.15) is 6.92 Å². The Bertz CT molecular complexity index is 1490. The fraction of sp³-hybridized carbons (Fsp3) is 0.423. The molecule has 2 saturated heterocycles. The van der Waals surface area contributed by atoms with Crippen molar-refractivity contribution in [2.45, 2.75) is 62.2 Å². The molecule has 2 fully saturated rings. The Morgan fingerprint density at radius 2 is 1.56 bits per heavy atom. The number of aromatic hydroxyl groups is 4. The molecule has 2 aliphatic heterocycles. The molecule has 2 aromatic carbocycles. The fourth-order valence-electron chi connectivity index (χ4n) is 4.64. The maximum atomic E-state index is 13.6. The fourth-order valence-corrected chi connectivity index (χ4v) is 4.64. The summed E-state index contributed by atoms with van der Waals surface area (Å²) in [6, 6.07) is 5.36. The molecule has 0 unspecified atom stereocenters. The number of rotatable bonds is 5. The van der Waals surface area contributed by atoms with Crippen molar-refractivity contribution in [2.24, 2.45) is 0 Å². The molecule has 0 bridgehead atoms. The first kappa shape index (κ1) is 28.8. The van der Waals surface area contributed by atoms with Crippen LogP contribution in [0.5, 0.6) is 28.7 Å². The number of hydrogen-bond acceptors (Lipinski definition) is 15. The third kappa shape index (κ3) is 5.25. The summed E-state index contributed by atoms with van der Waals surface area (Å²) < 4.78 is 28.2. The van der Waals surface area contributed by atoms with Gasteiger partial charge in [0, 0.05) is 17.7 Å². The Morgan fingerprint density at radius 3 is 2.27 bits per heavy atom. The minimum Gasteiger partial charge on any atom is -0.508 e. The van der Waals surface area contributed by atoms with E-state index in [0.29, 0.717) is 0 Å². The molecular formula is C26H28O15. The maximum Gasteiger partial charge on any atom is 0.239 e. The summed E-state index contributed by atoms with van der Waals surface area (Å²) in [5.74, 6) is -3.14. The molecular weight excluding hydrogens is 552 g/mol. The van der Waals surface area contributed by atoms with Gasteiger partial charge >= 0.3 is 0 Å². The minimum atomic E-state index is -1.79. The number of fused-ring (bicyclic) bond motifs is 1. The summed E-state index contributed by atoms with van der Waals surface area (Å²) >= 11 is 0. The monoisotopic (exact) mass is 580 g/mol. The largest absolute Gasteiger partial charge is 0.508 e. The van der Waals surface area contributed by atoms with Crippen molar-refractivity contribution in [1.82, 2.24) is 0 Å². The third-order valence-corrected chi connectivity index (χ3v) is 6.92. The Kier molecular flexibility index (Phi) is 7.71. The standard InChI is InChI=1S/C26H28O15/c1-8-17(32)20(35)21(36)25(38-8)41-24-18(33)14(31)7-37-26(24)40-23-19(34)16-13(30)5-10(27)6-15(16)39-22(23)9-2-3-11(28)12(29)4-9/h2-6,8,14,17-18,20-21,24-33,35-36H,7H2,1H3/t8-,14-,17-,18-,20+,21+,24+,25-,26+/m0/s1. The molecule has 222 valence electrons. The SMILES string of the molecule is C[C@@H]1O[C@@H](O[C@H]2[C@@H](Oc3c(-c4ccc(O)c(O)c4)oc4cc(O)cc(O)c4c3=O)OC[C@H](O)[C@@H]2O)[C@H](O)[C@H](O)[C@H]1O. The van der Waals surface area contributed by atoms with Crippen molar-refractivity contribution >= 4 is 11.0 Å². The lowest BCUT2D eigenvalue weighted by molar-refractivity contribution is -0.344. The quantitative estimate of drug-likeness (QED) is 0.163. The van der Waals surface area contributed by atoms with Crippen molar-refractivity contribution in [3.05, 3.63) is 40.6 Å². The molecule has 2 aliphatic rings. The number of hydrogen-bond donors (Lipinski definition) is 9. The van der Waals surface area contributed by atoms with Crippen LogP contribution in [0.3, 0.4) is 0 Å². The Balaban J connectivity index is 1.59. The van der Waals surface area contributed by atoms with Gasteiger partial charge in [0.25, 0.3) is 0 Å². The highest BCUT2D eigenvalue weighted by atomic mass is 16.8. The Hall–Kier alpha value is -3.67. The molecule has 0 amide bonds. The van der Waals surface area contributed by atoms with Gasteiger partial charge in [-0.15, -0.1) is 0 Å². The van der Waals surface area contributed by atoms with Gasteiger partial charge < -0.3 is 69.3 Å². The Labute approximate surface area is 230 Å². The topological polar surface area (TPSA) is 249 Å². The predicted molar refractivity (Wildman–Crippen MR) is 134 cm³/mol. The van der Waals surface area contributed by atoms with Gasteiger partial charge in [-0.2, -0.15) is 0 Å². The van der Waals surface area contributed by atoms with Gasteiger partial charge in [0.1, 0.15) is 53.0 Å². The zero-order chi connectivity index (χ0) is 29.7. The van der Waals surface area contributed by atoms with Gasteiger partial charge in [-0.05, 0) is 25.1 Å². The van der Waals surface area contributed by atoms with Gasteiger partial charge in [0.2, 0.25) is 17.5 Å². The van der Waals surface area contributed by atoms with Crippen LogP contribution in [-0.4, -0.2) is 108 Å². The number of phenols is 4. The van der Waals surface area contributed by atoms with Crippen LogP contribution in [0, 0.1) is 0 Å². The highest BCUT2D eigenvalue weighted by molar-refractivity contribution is 5.88. The molecule has 9 N–H and O–H groups in total. The number of phenolic OH excluding ortho intramolecular Hbond substituents is 4. The van der Waals surface area contributed by atoms with Crippen molar-refractivity contribution in [2.75, 3.05) is 6.61 Å². The van der Waals surface area contributed by atoms with Gasteiger partial charge in [-0.25, -0.2) is 0 Å². The zero-order valence-electron chi connectivity index (χ0n) is 21.3. The van der Waals surface area contributed by atoms with E-state index in [1.54, 1.807) is 0 Å². The van der Waals surface area contributed by atoms with Crippen molar-refractivity contribution in [1.29, 1.82) is 0 Å². The minimum absolute atomic E-state index is 0.00274. The van der Waals surface area contributed by atoms with E-state index < -0.39 is 101 Å². The summed E-state index contributed by atoms with van der Waals surface area (Å²) in [7, 11) is 0. The van der Waals surface area contributed by atoms with Crippen LogP contribution in [-0.2, 0) is 14.2 Å². The van der Waals surface area contributed by atoms with E-state index in [1.165, 1.54) is 13.0 Å². The summed E-state index contributed by atoms with van der Waals surface area (Å²) in [4.78, 5) is 13.6. The number of aliphatic hydroxyl groups excluding tert-OH is 5. The van der Waals surface area contributed by atoms with Crippen LogP contribution in [0.2, 0.25) is 0 Å². The average molecular weight is 580 g/mol.